The number of hydrogen-bond acceptors (Lipinski definition) is 5. The summed E-state index contributed by atoms with van der Waals surface area (Å²) in [7, 11) is -3.66. The summed E-state index contributed by atoms with van der Waals surface area (Å²) in [5.74, 6) is -0.586. The van der Waals surface area contributed by atoms with E-state index in [0.717, 1.165) is 0 Å². The fourth-order valence-corrected chi connectivity index (χ4v) is 4.62. The minimum atomic E-state index is -3.66. The molecule has 1 aliphatic rings. The van der Waals surface area contributed by atoms with Crippen molar-refractivity contribution in [2.45, 2.75) is 25.2 Å². The van der Waals surface area contributed by atoms with E-state index in [9.17, 15) is 18.0 Å². The van der Waals surface area contributed by atoms with Crippen LogP contribution in [0.1, 0.15) is 46.5 Å². The van der Waals surface area contributed by atoms with Crippen molar-refractivity contribution in [3.63, 3.8) is 0 Å². The molecule has 2 aromatic carbocycles. The van der Waals surface area contributed by atoms with Gasteiger partial charge in [0.2, 0.25) is 10.0 Å². The molecular formula is C20H21N3O4S. The number of rotatable bonds is 6. The van der Waals surface area contributed by atoms with Gasteiger partial charge in [0, 0.05) is 29.8 Å². The number of ketones is 1. The average Bonchev–Trinajstić information content (AvgIpc) is 3.03. The van der Waals surface area contributed by atoms with Crippen molar-refractivity contribution < 1.29 is 18.0 Å². The predicted molar refractivity (Wildman–Crippen MR) is 106 cm³/mol. The maximum atomic E-state index is 12.6. The van der Waals surface area contributed by atoms with Crippen molar-refractivity contribution in [3.05, 3.63) is 65.2 Å². The number of nitrogens with one attached hydrogen (secondary N) is 1. The third kappa shape index (κ3) is 3.74. The Labute approximate surface area is 164 Å². The zero-order valence-corrected chi connectivity index (χ0v) is 16.5. The average molecular weight is 399 g/mol. The largest absolute Gasteiger partial charge is 0.294 e. The highest BCUT2D eigenvalue weighted by atomic mass is 32.2. The lowest BCUT2D eigenvalue weighted by Gasteiger charge is -2.18. The van der Waals surface area contributed by atoms with E-state index in [1.165, 1.54) is 28.6 Å². The molecule has 28 heavy (non-hydrogen) atoms. The summed E-state index contributed by atoms with van der Waals surface area (Å²) in [5.41, 5.74) is 4.38. The molecule has 8 heteroatoms. The number of hydrogen-bond donors (Lipinski definition) is 1. The van der Waals surface area contributed by atoms with Gasteiger partial charge in [-0.2, -0.15) is 9.41 Å². The summed E-state index contributed by atoms with van der Waals surface area (Å²) in [6.45, 7) is 4.20. The Morgan fingerprint density at radius 2 is 1.75 bits per heavy atom. The van der Waals surface area contributed by atoms with Crippen molar-refractivity contribution >= 4 is 27.4 Å². The van der Waals surface area contributed by atoms with Gasteiger partial charge < -0.3 is 0 Å². The lowest BCUT2D eigenvalue weighted by molar-refractivity contribution is 0.0951. The molecule has 2 aromatic rings. The van der Waals surface area contributed by atoms with E-state index in [2.05, 4.69) is 10.5 Å². The van der Waals surface area contributed by atoms with Gasteiger partial charge in [-0.25, -0.2) is 13.8 Å². The van der Waals surface area contributed by atoms with Gasteiger partial charge in [0.25, 0.3) is 5.91 Å². The summed E-state index contributed by atoms with van der Waals surface area (Å²) in [6, 6.07) is 12.9. The van der Waals surface area contributed by atoms with E-state index in [4.69, 9.17) is 0 Å². The Balaban J connectivity index is 1.82. The van der Waals surface area contributed by atoms with Gasteiger partial charge >= 0.3 is 0 Å². The minimum Gasteiger partial charge on any atom is -0.294 e. The quantitative estimate of drug-likeness (QED) is 0.755. The van der Waals surface area contributed by atoms with Crippen LogP contribution in [0.2, 0.25) is 0 Å². The summed E-state index contributed by atoms with van der Waals surface area (Å²) in [5, 5.41) is 4.09. The van der Waals surface area contributed by atoms with Gasteiger partial charge in [0.15, 0.2) is 5.78 Å². The number of benzene rings is 2. The molecule has 146 valence electrons. The van der Waals surface area contributed by atoms with Gasteiger partial charge in [0.05, 0.1) is 17.0 Å². The molecule has 1 N–H and O–H groups in total. The SMILES string of the molecule is CCN(CC)S(=O)(=O)c1cccc(C(=O)N/N=C2/CC(=O)c3ccccc32)c1. The second-order valence-corrected chi connectivity index (χ2v) is 8.20. The number of sulfonamides is 1. The number of fused-ring (bicyclic) bond motifs is 1. The van der Waals surface area contributed by atoms with Gasteiger partial charge in [0.1, 0.15) is 0 Å². The molecular weight excluding hydrogens is 378 g/mol. The van der Waals surface area contributed by atoms with Gasteiger partial charge in [-0.1, -0.05) is 44.2 Å². The van der Waals surface area contributed by atoms with Crippen molar-refractivity contribution in [3.8, 4) is 0 Å². The molecule has 3 rings (SSSR count). The first-order valence-electron chi connectivity index (χ1n) is 8.98. The maximum Gasteiger partial charge on any atom is 0.271 e. The molecule has 0 spiro atoms. The number of carbonyl (C=O) groups is 2. The first-order valence-corrected chi connectivity index (χ1v) is 10.4. The van der Waals surface area contributed by atoms with E-state index >= 15 is 0 Å². The Morgan fingerprint density at radius 1 is 1.07 bits per heavy atom. The molecule has 0 unspecified atom stereocenters. The molecule has 1 aliphatic carbocycles. The molecule has 0 aromatic heterocycles. The molecule has 0 saturated carbocycles. The van der Waals surface area contributed by atoms with Crippen LogP contribution in [-0.2, 0) is 10.0 Å². The highest BCUT2D eigenvalue weighted by molar-refractivity contribution is 7.89. The third-order valence-corrected chi connectivity index (χ3v) is 6.64. The number of nitrogens with zero attached hydrogens (tertiary/aromatic N) is 2. The summed E-state index contributed by atoms with van der Waals surface area (Å²) in [6.07, 6.45) is 0.121. The Hall–Kier alpha value is -2.84. The maximum absolute atomic E-state index is 12.6. The van der Waals surface area contributed by atoms with Crippen molar-refractivity contribution in [2.75, 3.05) is 13.1 Å². The zero-order chi connectivity index (χ0) is 20.3. The van der Waals surface area contributed by atoms with Crippen LogP contribution < -0.4 is 5.43 Å². The molecule has 0 heterocycles. The number of amides is 1. The van der Waals surface area contributed by atoms with Crippen LogP contribution in [0.3, 0.4) is 0 Å². The summed E-state index contributed by atoms with van der Waals surface area (Å²) < 4.78 is 26.6. The Morgan fingerprint density at radius 3 is 2.43 bits per heavy atom. The van der Waals surface area contributed by atoms with Gasteiger partial charge in [-0.3, -0.25) is 9.59 Å². The molecule has 0 atom stereocenters. The van der Waals surface area contributed by atoms with E-state index in [0.29, 0.717) is 29.9 Å². The molecule has 0 bridgehead atoms. The van der Waals surface area contributed by atoms with Crippen LogP contribution in [0, 0.1) is 0 Å². The Bertz CT molecular complexity index is 1060. The van der Waals surface area contributed by atoms with Crippen LogP contribution in [0.5, 0.6) is 0 Å². The second-order valence-electron chi connectivity index (χ2n) is 6.26. The third-order valence-electron chi connectivity index (χ3n) is 4.60. The van der Waals surface area contributed by atoms with Crippen molar-refractivity contribution in [1.29, 1.82) is 0 Å². The highest BCUT2D eigenvalue weighted by Gasteiger charge is 2.26. The van der Waals surface area contributed by atoms with Crippen LogP contribution in [-0.4, -0.2) is 43.2 Å². The second kappa shape index (κ2) is 8.04. The number of Topliss-reactive ketones (excluding diaryl/α,β-unsaturated/α-hetero) is 1. The number of hydrazone groups is 1. The van der Waals surface area contributed by atoms with Crippen LogP contribution in [0.4, 0.5) is 0 Å². The highest BCUT2D eigenvalue weighted by Crippen LogP contribution is 2.22. The first kappa shape index (κ1) is 19.9. The van der Waals surface area contributed by atoms with E-state index in [1.807, 2.05) is 0 Å². The van der Waals surface area contributed by atoms with Crippen LogP contribution >= 0.6 is 0 Å². The lowest BCUT2D eigenvalue weighted by Crippen LogP contribution is -2.30. The molecule has 0 fully saturated rings. The van der Waals surface area contributed by atoms with Crippen LogP contribution in [0.15, 0.2) is 58.5 Å². The number of carbonyl (C=O) groups excluding carboxylic acids is 2. The smallest absolute Gasteiger partial charge is 0.271 e. The van der Waals surface area contributed by atoms with Gasteiger partial charge in [-0.15, -0.1) is 0 Å². The fourth-order valence-electron chi connectivity index (χ4n) is 3.11. The van der Waals surface area contributed by atoms with Gasteiger partial charge in [-0.05, 0) is 18.2 Å². The topological polar surface area (TPSA) is 95.9 Å². The minimum absolute atomic E-state index is 0.0455. The van der Waals surface area contributed by atoms with E-state index in [1.54, 1.807) is 38.1 Å². The van der Waals surface area contributed by atoms with Crippen molar-refractivity contribution in [2.24, 2.45) is 5.10 Å². The lowest BCUT2D eigenvalue weighted by atomic mass is 10.1. The van der Waals surface area contributed by atoms with Crippen molar-refractivity contribution in [1.82, 2.24) is 9.73 Å². The monoisotopic (exact) mass is 399 g/mol. The van der Waals surface area contributed by atoms with Crippen LogP contribution in [0.25, 0.3) is 0 Å². The normalized spacial score (nSPS) is 15.1. The van der Waals surface area contributed by atoms with E-state index < -0.39 is 15.9 Å². The molecule has 7 nitrogen and oxygen atoms in total. The molecule has 0 aliphatic heterocycles. The Kier molecular flexibility index (Phi) is 5.71. The summed E-state index contributed by atoms with van der Waals surface area (Å²) in [4.78, 5) is 24.5. The zero-order valence-electron chi connectivity index (χ0n) is 15.7. The standard InChI is InChI=1S/C20H21N3O4S/c1-3-23(4-2)28(26,27)15-9-7-8-14(12-15)20(25)22-21-18-13-19(24)17-11-6-5-10-16(17)18/h5-12H,3-4,13H2,1-2H3,(H,22,25)/b21-18-. The molecule has 0 radical (unpaired) electrons. The first-order chi connectivity index (χ1) is 13.4. The molecule has 1 amide bonds. The fraction of sp³-hybridized carbons (Fsp3) is 0.250. The predicted octanol–water partition coefficient (Wildman–Crippen LogP) is 2.44. The summed E-state index contributed by atoms with van der Waals surface area (Å²) >= 11 is 0. The van der Waals surface area contributed by atoms with E-state index in [-0.39, 0.29) is 22.7 Å². The molecule has 0 saturated heterocycles.